The molecule has 15 heavy (non-hydrogen) atoms. The minimum Gasteiger partial charge on any atom is -0.740 e. The maximum absolute atomic E-state index is 10.4. The number of anilines is 1. The standard InChI is InChI=1S/C10H9NO3S/c11-10-8-4-2-1-3-7(8)5-6-9(10)14-15(12)13/h1-6H,11H2,(H,12,13)/p-1. The molecule has 0 aliphatic heterocycles. The lowest BCUT2D eigenvalue weighted by molar-refractivity contribution is 0.441. The first kappa shape index (κ1) is 9.95. The first-order chi connectivity index (χ1) is 7.18. The second-order valence-electron chi connectivity index (χ2n) is 2.99. The van der Waals surface area contributed by atoms with Crippen molar-refractivity contribution < 1.29 is 12.9 Å². The van der Waals surface area contributed by atoms with Gasteiger partial charge in [-0.2, -0.15) is 0 Å². The largest absolute Gasteiger partial charge is 0.740 e. The van der Waals surface area contributed by atoms with E-state index in [1.807, 2.05) is 24.3 Å². The number of nitrogen functional groups attached to an aromatic ring is 1. The molecule has 2 aromatic carbocycles. The molecule has 0 spiro atoms. The maximum Gasteiger partial charge on any atom is 0.162 e. The van der Waals surface area contributed by atoms with Gasteiger partial charge in [0.25, 0.3) is 0 Å². The first-order valence-electron chi connectivity index (χ1n) is 4.23. The molecule has 5 heteroatoms. The Labute approximate surface area is 89.2 Å². The first-order valence-corrected chi connectivity index (χ1v) is 5.23. The van der Waals surface area contributed by atoms with E-state index >= 15 is 0 Å². The van der Waals surface area contributed by atoms with Crippen LogP contribution in [0.5, 0.6) is 5.75 Å². The van der Waals surface area contributed by atoms with Crippen LogP contribution in [-0.4, -0.2) is 8.76 Å². The zero-order valence-electron chi connectivity index (χ0n) is 7.67. The fourth-order valence-electron chi connectivity index (χ4n) is 1.42. The van der Waals surface area contributed by atoms with E-state index < -0.39 is 11.4 Å². The molecule has 0 aliphatic rings. The highest BCUT2D eigenvalue weighted by atomic mass is 32.2. The highest BCUT2D eigenvalue weighted by Gasteiger charge is 2.04. The Hall–Kier alpha value is -1.59. The second kappa shape index (κ2) is 3.88. The molecule has 0 amide bonds. The van der Waals surface area contributed by atoms with Crippen molar-refractivity contribution in [3.05, 3.63) is 36.4 Å². The Balaban J connectivity index is 2.59. The van der Waals surface area contributed by atoms with Crippen molar-refractivity contribution in [2.45, 2.75) is 0 Å². The van der Waals surface area contributed by atoms with Crippen molar-refractivity contribution in [3.63, 3.8) is 0 Å². The predicted octanol–water partition coefficient (Wildman–Crippen LogP) is 1.59. The van der Waals surface area contributed by atoms with E-state index in [1.165, 1.54) is 6.07 Å². The van der Waals surface area contributed by atoms with Gasteiger partial charge in [0.2, 0.25) is 0 Å². The van der Waals surface area contributed by atoms with E-state index in [0.29, 0.717) is 5.69 Å². The van der Waals surface area contributed by atoms with Crippen LogP contribution in [0, 0.1) is 0 Å². The highest BCUT2D eigenvalue weighted by molar-refractivity contribution is 7.74. The monoisotopic (exact) mass is 222 g/mol. The third kappa shape index (κ3) is 1.93. The summed E-state index contributed by atoms with van der Waals surface area (Å²) in [7, 11) is 0. The molecule has 0 saturated carbocycles. The summed E-state index contributed by atoms with van der Waals surface area (Å²) in [4.78, 5) is 0. The normalized spacial score (nSPS) is 12.6. The number of hydrogen-bond donors (Lipinski definition) is 1. The van der Waals surface area contributed by atoms with E-state index in [9.17, 15) is 8.76 Å². The van der Waals surface area contributed by atoms with Gasteiger partial charge in [-0.3, -0.25) is 0 Å². The van der Waals surface area contributed by atoms with Crippen LogP contribution < -0.4 is 9.92 Å². The topological polar surface area (TPSA) is 75.4 Å². The predicted molar refractivity (Wildman–Crippen MR) is 57.9 cm³/mol. The summed E-state index contributed by atoms with van der Waals surface area (Å²) < 4.78 is 25.3. The van der Waals surface area contributed by atoms with Crippen LogP contribution in [0.15, 0.2) is 36.4 Å². The molecule has 0 heterocycles. The summed E-state index contributed by atoms with van der Waals surface area (Å²) in [5, 5.41) is 1.72. The number of fused-ring (bicyclic) bond motifs is 1. The average Bonchev–Trinajstić information content (AvgIpc) is 2.22. The third-order valence-electron chi connectivity index (χ3n) is 2.09. The van der Waals surface area contributed by atoms with Crippen molar-refractivity contribution in [1.82, 2.24) is 0 Å². The van der Waals surface area contributed by atoms with Crippen molar-refractivity contribution in [3.8, 4) is 5.75 Å². The summed E-state index contributed by atoms with van der Waals surface area (Å²) in [6, 6.07) is 10.7. The van der Waals surface area contributed by atoms with Gasteiger partial charge in [0, 0.05) is 5.39 Å². The number of rotatable bonds is 2. The molecule has 2 N–H and O–H groups in total. The molecular weight excluding hydrogens is 214 g/mol. The van der Waals surface area contributed by atoms with Crippen LogP contribution in [0.2, 0.25) is 0 Å². The van der Waals surface area contributed by atoms with Gasteiger partial charge >= 0.3 is 0 Å². The summed E-state index contributed by atoms with van der Waals surface area (Å²) in [5.74, 6) is 0.155. The minimum atomic E-state index is -2.60. The molecule has 0 radical (unpaired) electrons. The number of nitrogens with two attached hydrogens (primary N) is 1. The SMILES string of the molecule is Nc1c(OS(=O)[O-])ccc2ccccc12. The summed E-state index contributed by atoms with van der Waals surface area (Å²) in [6.07, 6.45) is 0. The van der Waals surface area contributed by atoms with Crippen LogP contribution in [0.1, 0.15) is 0 Å². The van der Waals surface area contributed by atoms with Gasteiger partial charge in [-0.1, -0.05) is 30.3 Å². The van der Waals surface area contributed by atoms with Crippen LogP contribution in [0.25, 0.3) is 10.8 Å². The van der Waals surface area contributed by atoms with Crippen molar-refractivity contribution >= 4 is 27.8 Å². The molecule has 1 atom stereocenters. The molecule has 78 valence electrons. The van der Waals surface area contributed by atoms with Crippen LogP contribution in [0.3, 0.4) is 0 Å². The Morgan fingerprint density at radius 2 is 1.93 bits per heavy atom. The number of benzene rings is 2. The lowest BCUT2D eigenvalue weighted by Gasteiger charge is -2.11. The minimum absolute atomic E-state index is 0.155. The number of hydrogen-bond acceptors (Lipinski definition) is 4. The fraction of sp³-hybridized carbons (Fsp3) is 0. The Morgan fingerprint density at radius 1 is 1.20 bits per heavy atom. The lowest BCUT2D eigenvalue weighted by atomic mass is 10.1. The Kier molecular flexibility index (Phi) is 2.57. The van der Waals surface area contributed by atoms with Gasteiger partial charge < -0.3 is 14.5 Å². The molecule has 2 rings (SSSR count). The maximum atomic E-state index is 10.4. The molecule has 0 aromatic heterocycles. The molecule has 0 saturated heterocycles. The fourth-order valence-corrected chi connectivity index (χ4v) is 1.71. The van der Waals surface area contributed by atoms with E-state index in [0.717, 1.165) is 10.8 Å². The Morgan fingerprint density at radius 3 is 2.67 bits per heavy atom. The lowest BCUT2D eigenvalue weighted by Crippen LogP contribution is -2.01. The second-order valence-corrected chi connectivity index (χ2v) is 3.56. The van der Waals surface area contributed by atoms with Gasteiger partial charge in [-0.15, -0.1) is 0 Å². The molecule has 4 nitrogen and oxygen atoms in total. The smallest absolute Gasteiger partial charge is 0.162 e. The van der Waals surface area contributed by atoms with E-state index in [1.54, 1.807) is 6.07 Å². The van der Waals surface area contributed by atoms with Gasteiger partial charge in [-0.25, -0.2) is 4.21 Å². The van der Waals surface area contributed by atoms with Gasteiger partial charge in [0.15, 0.2) is 5.75 Å². The van der Waals surface area contributed by atoms with Gasteiger partial charge in [0.05, 0.1) is 5.69 Å². The zero-order valence-corrected chi connectivity index (χ0v) is 8.49. The molecule has 1 unspecified atom stereocenters. The van der Waals surface area contributed by atoms with E-state index in [-0.39, 0.29) is 5.75 Å². The highest BCUT2D eigenvalue weighted by Crippen LogP contribution is 2.30. The summed E-state index contributed by atoms with van der Waals surface area (Å²) in [5.41, 5.74) is 6.10. The summed E-state index contributed by atoms with van der Waals surface area (Å²) >= 11 is -2.60. The summed E-state index contributed by atoms with van der Waals surface area (Å²) in [6.45, 7) is 0. The van der Waals surface area contributed by atoms with Crippen LogP contribution in [0.4, 0.5) is 5.69 Å². The van der Waals surface area contributed by atoms with E-state index in [2.05, 4.69) is 4.18 Å². The van der Waals surface area contributed by atoms with Crippen molar-refractivity contribution in [2.24, 2.45) is 0 Å². The van der Waals surface area contributed by atoms with Crippen LogP contribution in [-0.2, 0) is 11.4 Å². The van der Waals surface area contributed by atoms with Crippen molar-refractivity contribution in [1.29, 1.82) is 0 Å². The molecule has 0 bridgehead atoms. The third-order valence-corrected chi connectivity index (χ3v) is 2.40. The molecule has 0 fully saturated rings. The van der Waals surface area contributed by atoms with Gasteiger partial charge in [-0.05, 0) is 11.5 Å². The quantitative estimate of drug-likeness (QED) is 0.618. The molecular formula is C10H8NO3S-. The molecule has 2 aromatic rings. The molecule has 0 aliphatic carbocycles. The average molecular weight is 222 g/mol. The van der Waals surface area contributed by atoms with Crippen molar-refractivity contribution in [2.75, 3.05) is 5.73 Å². The Bertz CT molecular complexity index is 527. The van der Waals surface area contributed by atoms with E-state index in [4.69, 9.17) is 5.73 Å². The van der Waals surface area contributed by atoms with Gasteiger partial charge in [0.1, 0.15) is 11.4 Å². The van der Waals surface area contributed by atoms with Crippen LogP contribution >= 0.6 is 0 Å². The zero-order chi connectivity index (χ0) is 10.8.